The number of hydrogen-bond acceptors (Lipinski definition) is 2. The fraction of sp³-hybridized carbons (Fsp3) is 0.688. The van der Waals surface area contributed by atoms with E-state index in [4.69, 9.17) is 11.6 Å². The van der Waals surface area contributed by atoms with Crippen molar-refractivity contribution in [2.45, 2.75) is 64.0 Å². The van der Waals surface area contributed by atoms with Gasteiger partial charge in [-0.1, -0.05) is 44.2 Å². The molecule has 0 saturated heterocycles. The van der Waals surface area contributed by atoms with E-state index in [1.54, 1.807) is 12.3 Å². The number of nitrogens with one attached hydrogen (secondary N) is 1. The van der Waals surface area contributed by atoms with Gasteiger partial charge in [-0.3, -0.25) is 4.79 Å². The van der Waals surface area contributed by atoms with Crippen LogP contribution in [0, 0.1) is 0 Å². The highest BCUT2D eigenvalue weighted by Gasteiger charge is 2.28. The molecule has 0 radical (unpaired) electrons. The molecule has 21 heavy (non-hydrogen) atoms. The zero-order valence-corrected chi connectivity index (χ0v) is 13.5. The fourth-order valence-corrected chi connectivity index (χ4v) is 3.21. The standard InChI is InChI=1S/C16H25ClN2O2/c1-2-9-19-11-13(17)10-14(19)15(20)18-12-16(21)7-5-3-4-6-8-16/h10-11,21H,2-9,12H2,1H3,(H,18,20). The summed E-state index contributed by atoms with van der Waals surface area (Å²) in [5.41, 5.74) is -0.183. The van der Waals surface area contributed by atoms with Crippen molar-refractivity contribution in [1.29, 1.82) is 0 Å². The molecule has 118 valence electrons. The monoisotopic (exact) mass is 312 g/mol. The Kier molecular flexibility index (Phi) is 5.71. The summed E-state index contributed by atoms with van der Waals surface area (Å²) in [6.45, 7) is 3.14. The van der Waals surface area contributed by atoms with E-state index in [-0.39, 0.29) is 5.91 Å². The minimum absolute atomic E-state index is 0.159. The molecular weight excluding hydrogens is 288 g/mol. The minimum Gasteiger partial charge on any atom is -0.388 e. The van der Waals surface area contributed by atoms with Gasteiger partial charge in [-0.2, -0.15) is 0 Å². The van der Waals surface area contributed by atoms with Gasteiger partial charge in [-0.25, -0.2) is 0 Å². The molecule has 0 spiro atoms. The lowest BCUT2D eigenvalue weighted by molar-refractivity contribution is 0.0245. The van der Waals surface area contributed by atoms with E-state index in [9.17, 15) is 9.90 Å². The average Bonchev–Trinajstić information content (AvgIpc) is 2.68. The van der Waals surface area contributed by atoms with Gasteiger partial charge < -0.3 is 15.0 Å². The third-order valence-electron chi connectivity index (χ3n) is 4.17. The Hall–Kier alpha value is -1.00. The lowest BCUT2D eigenvalue weighted by Crippen LogP contribution is -2.43. The molecule has 5 heteroatoms. The van der Waals surface area contributed by atoms with E-state index in [1.807, 2.05) is 4.57 Å². The quantitative estimate of drug-likeness (QED) is 0.819. The van der Waals surface area contributed by atoms with Crippen LogP contribution in [0.4, 0.5) is 0 Å². The van der Waals surface area contributed by atoms with E-state index in [2.05, 4.69) is 12.2 Å². The van der Waals surface area contributed by atoms with Crippen molar-refractivity contribution in [3.63, 3.8) is 0 Å². The van der Waals surface area contributed by atoms with Crippen molar-refractivity contribution in [2.24, 2.45) is 0 Å². The molecule has 1 aromatic rings. The van der Waals surface area contributed by atoms with Gasteiger partial charge in [0.05, 0.1) is 10.6 Å². The van der Waals surface area contributed by atoms with Crippen LogP contribution in [0.3, 0.4) is 0 Å². The van der Waals surface area contributed by atoms with Crippen molar-refractivity contribution < 1.29 is 9.90 Å². The number of hydrogen-bond donors (Lipinski definition) is 2. The topological polar surface area (TPSA) is 54.3 Å². The highest BCUT2D eigenvalue weighted by atomic mass is 35.5. The summed E-state index contributed by atoms with van der Waals surface area (Å²) >= 11 is 5.99. The molecule has 0 aliphatic heterocycles. The van der Waals surface area contributed by atoms with E-state index < -0.39 is 5.60 Å². The van der Waals surface area contributed by atoms with Crippen LogP contribution in [0.25, 0.3) is 0 Å². The first-order valence-electron chi connectivity index (χ1n) is 7.90. The Balaban J connectivity index is 1.97. The van der Waals surface area contributed by atoms with Crippen LogP contribution in [0.15, 0.2) is 12.3 Å². The van der Waals surface area contributed by atoms with Crippen LogP contribution in [0.2, 0.25) is 5.02 Å². The maximum Gasteiger partial charge on any atom is 0.268 e. The van der Waals surface area contributed by atoms with Crippen molar-refractivity contribution >= 4 is 17.5 Å². The van der Waals surface area contributed by atoms with E-state index in [1.165, 1.54) is 12.8 Å². The summed E-state index contributed by atoms with van der Waals surface area (Å²) < 4.78 is 1.87. The Morgan fingerprint density at radius 2 is 2.05 bits per heavy atom. The third kappa shape index (κ3) is 4.48. The number of halogens is 1. The Morgan fingerprint density at radius 3 is 2.67 bits per heavy atom. The molecule has 2 rings (SSSR count). The van der Waals surface area contributed by atoms with Gasteiger partial charge >= 0.3 is 0 Å². The number of aryl methyl sites for hydroxylation is 1. The van der Waals surface area contributed by atoms with Crippen LogP contribution in [0.1, 0.15) is 62.4 Å². The molecule has 1 aliphatic carbocycles. The normalized spacial score (nSPS) is 18.2. The molecule has 1 amide bonds. The number of nitrogens with zero attached hydrogens (tertiary/aromatic N) is 1. The van der Waals surface area contributed by atoms with Gasteiger partial charge in [-0.05, 0) is 25.3 Å². The van der Waals surface area contributed by atoms with Crippen molar-refractivity contribution in [1.82, 2.24) is 9.88 Å². The SMILES string of the molecule is CCCn1cc(Cl)cc1C(=O)NCC1(O)CCCCCC1. The second-order valence-corrected chi connectivity index (χ2v) is 6.49. The molecule has 0 aromatic carbocycles. The van der Waals surface area contributed by atoms with Crippen molar-refractivity contribution in [3.8, 4) is 0 Å². The molecule has 2 N–H and O–H groups in total. The number of amides is 1. The predicted octanol–water partition coefficient (Wildman–Crippen LogP) is 3.37. The molecule has 1 aromatic heterocycles. The zero-order chi connectivity index (χ0) is 15.3. The Morgan fingerprint density at radius 1 is 1.38 bits per heavy atom. The fourth-order valence-electron chi connectivity index (χ4n) is 2.99. The van der Waals surface area contributed by atoms with E-state index in [0.29, 0.717) is 17.3 Å². The first-order valence-corrected chi connectivity index (χ1v) is 8.28. The average molecular weight is 313 g/mol. The van der Waals surface area contributed by atoms with Gasteiger partial charge in [0.2, 0.25) is 0 Å². The minimum atomic E-state index is -0.752. The molecule has 0 bridgehead atoms. The molecule has 1 saturated carbocycles. The number of carbonyl (C=O) groups is 1. The third-order valence-corrected chi connectivity index (χ3v) is 4.38. The molecular formula is C16H25ClN2O2. The van der Waals surface area contributed by atoms with Crippen molar-refractivity contribution in [3.05, 3.63) is 23.0 Å². The summed E-state index contributed by atoms with van der Waals surface area (Å²) in [6.07, 6.45) is 8.66. The highest BCUT2D eigenvalue weighted by Crippen LogP contribution is 2.26. The highest BCUT2D eigenvalue weighted by molar-refractivity contribution is 6.31. The van der Waals surface area contributed by atoms with Crippen LogP contribution in [-0.2, 0) is 6.54 Å². The lowest BCUT2D eigenvalue weighted by atomic mass is 9.94. The molecule has 0 unspecified atom stereocenters. The first kappa shape index (κ1) is 16.4. The smallest absolute Gasteiger partial charge is 0.268 e. The second kappa shape index (κ2) is 7.32. The predicted molar refractivity (Wildman–Crippen MR) is 84.7 cm³/mol. The summed E-state index contributed by atoms with van der Waals surface area (Å²) in [7, 11) is 0. The summed E-state index contributed by atoms with van der Waals surface area (Å²) in [5.74, 6) is -0.159. The molecule has 1 heterocycles. The van der Waals surface area contributed by atoms with Crippen LogP contribution < -0.4 is 5.32 Å². The Bertz CT molecular complexity index is 477. The van der Waals surface area contributed by atoms with E-state index in [0.717, 1.165) is 38.6 Å². The van der Waals surface area contributed by atoms with Crippen LogP contribution in [-0.4, -0.2) is 27.7 Å². The van der Waals surface area contributed by atoms with Gasteiger partial charge in [0, 0.05) is 19.3 Å². The Labute approximate surface area is 131 Å². The molecule has 1 fully saturated rings. The van der Waals surface area contributed by atoms with Crippen LogP contribution >= 0.6 is 11.6 Å². The zero-order valence-electron chi connectivity index (χ0n) is 12.7. The second-order valence-electron chi connectivity index (χ2n) is 6.06. The summed E-state index contributed by atoms with van der Waals surface area (Å²) in [6, 6.07) is 1.68. The summed E-state index contributed by atoms with van der Waals surface area (Å²) in [5, 5.41) is 14.0. The summed E-state index contributed by atoms with van der Waals surface area (Å²) in [4.78, 5) is 12.3. The number of aromatic nitrogens is 1. The number of carbonyl (C=O) groups excluding carboxylic acids is 1. The van der Waals surface area contributed by atoms with Crippen LogP contribution in [0.5, 0.6) is 0 Å². The molecule has 4 nitrogen and oxygen atoms in total. The van der Waals surface area contributed by atoms with Crippen molar-refractivity contribution in [2.75, 3.05) is 6.54 Å². The van der Waals surface area contributed by atoms with Gasteiger partial charge in [0.15, 0.2) is 0 Å². The first-order chi connectivity index (χ1) is 10.0. The van der Waals surface area contributed by atoms with Gasteiger partial charge in [-0.15, -0.1) is 0 Å². The molecule has 1 aliphatic rings. The van der Waals surface area contributed by atoms with E-state index >= 15 is 0 Å². The number of aliphatic hydroxyl groups is 1. The van der Waals surface area contributed by atoms with Gasteiger partial charge in [0.25, 0.3) is 5.91 Å². The lowest BCUT2D eigenvalue weighted by Gasteiger charge is -2.26. The maximum absolute atomic E-state index is 12.3. The van der Waals surface area contributed by atoms with Gasteiger partial charge in [0.1, 0.15) is 5.69 Å². The largest absolute Gasteiger partial charge is 0.388 e. The maximum atomic E-state index is 12.3. The molecule has 0 atom stereocenters. The number of rotatable bonds is 5.